The van der Waals surface area contributed by atoms with Gasteiger partial charge < -0.3 is 5.73 Å². The number of carbonyl (C=O) groups excluding carboxylic acids is 2. The van der Waals surface area contributed by atoms with Gasteiger partial charge in [-0.2, -0.15) is 4.99 Å². The second kappa shape index (κ2) is 4.11. The standard InChI is InChI=1S/C15H19N3O2/c1-15(2,3)7-4-5-9-8(6-7)10-11(14(20)17-9)12(16)18-13(10)19/h7,11H,4-6H2,1-3H3,(H2,16,18,19). The minimum Gasteiger partial charge on any atom is -0.386 e. The number of nitrogens with zero attached hydrogens (tertiary/aromatic N) is 2. The van der Waals surface area contributed by atoms with E-state index in [4.69, 9.17) is 5.73 Å². The van der Waals surface area contributed by atoms with Crippen LogP contribution in [0.3, 0.4) is 0 Å². The molecule has 2 aliphatic heterocycles. The summed E-state index contributed by atoms with van der Waals surface area (Å²) in [6, 6.07) is 0. The van der Waals surface area contributed by atoms with Crippen LogP contribution in [0.1, 0.15) is 40.0 Å². The first-order chi connectivity index (χ1) is 9.29. The van der Waals surface area contributed by atoms with E-state index < -0.39 is 5.92 Å². The number of fused-ring (bicyclic) bond motifs is 2. The molecule has 20 heavy (non-hydrogen) atoms. The fourth-order valence-electron chi connectivity index (χ4n) is 3.32. The Balaban J connectivity index is 2.05. The molecule has 0 saturated heterocycles. The van der Waals surface area contributed by atoms with Crippen LogP contribution in [0.2, 0.25) is 0 Å². The lowest BCUT2D eigenvalue weighted by Gasteiger charge is -2.37. The molecule has 0 aromatic carbocycles. The van der Waals surface area contributed by atoms with Gasteiger partial charge in [-0.1, -0.05) is 20.8 Å². The molecule has 2 atom stereocenters. The van der Waals surface area contributed by atoms with E-state index in [9.17, 15) is 9.59 Å². The Kier molecular flexibility index (Phi) is 2.71. The highest BCUT2D eigenvalue weighted by Gasteiger charge is 2.45. The topological polar surface area (TPSA) is 84.9 Å². The zero-order chi connectivity index (χ0) is 14.7. The van der Waals surface area contributed by atoms with Crippen molar-refractivity contribution in [3.05, 3.63) is 11.1 Å². The molecule has 0 bridgehead atoms. The fourth-order valence-corrected chi connectivity index (χ4v) is 3.32. The van der Waals surface area contributed by atoms with Crippen LogP contribution in [0.25, 0.3) is 0 Å². The molecule has 2 heterocycles. The summed E-state index contributed by atoms with van der Waals surface area (Å²) in [5, 5.41) is 0. The smallest absolute Gasteiger partial charge is 0.276 e. The Morgan fingerprint density at radius 3 is 2.55 bits per heavy atom. The molecule has 0 aromatic rings. The number of nitrogens with two attached hydrogens (primary N) is 1. The number of hydrogen-bond acceptors (Lipinski definition) is 3. The van der Waals surface area contributed by atoms with E-state index in [0.29, 0.717) is 11.5 Å². The van der Waals surface area contributed by atoms with E-state index in [1.54, 1.807) is 0 Å². The number of carbonyl (C=O) groups is 2. The Bertz CT molecular complexity index is 605. The molecular weight excluding hydrogens is 254 g/mol. The van der Waals surface area contributed by atoms with Crippen LogP contribution in [0.15, 0.2) is 21.1 Å². The molecule has 106 valence electrons. The van der Waals surface area contributed by atoms with Gasteiger partial charge in [0.05, 0.1) is 0 Å². The van der Waals surface area contributed by atoms with Gasteiger partial charge in [-0.25, -0.2) is 4.99 Å². The van der Waals surface area contributed by atoms with Crippen LogP contribution in [-0.4, -0.2) is 23.4 Å². The minimum absolute atomic E-state index is 0.100. The van der Waals surface area contributed by atoms with Gasteiger partial charge in [-0.3, -0.25) is 9.59 Å². The van der Waals surface area contributed by atoms with Crippen molar-refractivity contribution in [1.29, 1.82) is 0 Å². The van der Waals surface area contributed by atoms with Crippen molar-refractivity contribution in [3.8, 4) is 0 Å². The lowest BCUT2D eigenvalue weighted by atomic mass is 9.68. The summed E-state index contributed by atoms with van der Waals surface area (Å²) >= 11 is 0. The molecule has 5 nitrogen and oxygen atoms in total. The van der Waals surface area contributed by atoms with E-state index in [0.717, 1.165) is 30.5 Å². The van der Waals surface area contributed by atoms with Crippen LogP contribution in [0.5, 0.6) is 0 Å². The summed E-state index contributed by atoms with van der Waals surface area (Å²) < 4.78 is 0. The van der Waals surface area contributed by atoms with Crippen LogP contribution in [0.4, 0.5) is 0 Å². The molecule has 1 saturated carbocycles. The second-order valence-corrected chi connectivity index (χ2v) is 6.87. The maximum absolute atomic E-state index is 12.0. The van der Waals surface area contributed by atoms with Gasteiger partial charge in [0.25, 0.3) is 11.8 Å². The predicted octanol–water partition coefficient (Wildman–Crippen LogP) is 1.62. The molecule has 3 rings (SSSR count). The SMILES string of the molecule is CC(C)(C)C1CCC2=NC(=O)C3C(N)=NC(=O)C3=C2C1. The number of rotatable bonds is 0. The van der Waals surface area contributed by atoms with Crippen molar-refractivity contribution >= 4 is 23.4 Å². The highest BCUT2D eigenvalue weighted by atomic mass is 16.2. The van der Waals surface area contributed by atoms with Gasteiger partial charge in [-0.05, 0) is 36.2 Å². The first-order valence-corrected chi connectivity index (χ1v) is 7.02. The van der Waals surface area contributed by atoms with Crippen LogP contribution >= 0.6 is 0 Å². The minimum atomic E-state index is -0.722. The van der Waals surface area contributed by atoms with Crippen LogP contribution in [0, 0.1) is 17.3 Å². The molecule has 3 aliphatic rings. The monoisotopic (exact) mass is 273 g/mol. The number of hydrogen-bond donors (Lipinski definition) is 1. The average Bonchev–Trinajstić information content (AvgIpc) is 2.64. The average molecular weight is 273 g/mol. The van der Waals surface area contributed by atoms with Crippen molar-refractivity contribution < 1.29 is 9.59 Å². The summed E-state index contributed by atoms with van der Waals surface area (Å²) in [5.41, 5.74) is 8.08. The Morgan fingerprint density at radius 2 is 1.90 bits per heavy atom. The van der Waals surface area contributed by atoms with Gasteiger partial charge in [0.1, 0.15) is 11.8 Å². The number of aliphatic imine (C=N–C) groups is 2. The van der Waals surface area contributed by atoms with Gasteiger partial charge in [0, 0.05) is 11.3 Å². The van der Waals surface area contributed by atoms with Crippen LogP contribution < -0.4 is 5.73 Å². The van der Waals surface area contributed by atoms with Gasteiger partial charge in [0.15, 0.2) is 0 Å². The summed E-state index contributed by atoms with van der Waals surface area (Å²) in [7, 11) is 0. The van der Waals surface area contributed by atoms with E-state index in [1.165, 1.54) is 0 Å². The summed E-state index contributed by atoms with van der Waals surface area (Å²) in [6.07, 6.45) is 2.55. The van der Waals surface area contributed by atoms with Gasteiger partial charge >= 0.3 is 0 Å². The Labute approximate surface area is 118 Å². The molecule has 2 N–H and O–H groups in total. The Hall–Kier alpha value is -1.78. The second-order valence-electron chi connectivity index (χ2n) is 6.87. The molecule has 1 fully saturated rings. The maximum atomic E-state index is 12.0. The lowest BCUT2D eigenvalue weighted by molar-refractivity contribution is -0.121. The largest absolute Gasteiger partial charge is 0.386 e. The Morgan fingerprint density at radius 1 is 1.20 bits per heavy atom. The van der Waals surface area contributed by atoms with Crippen molar-refractivity contribution in [2.24, 2.45) is 33.0 Å². The number of allylic oxidation sites excluding steroid dienone is 1. The summed E-state index contributed by atoms with van der Waals surface area (Å²) in [5.74, 6) is -0.826. The zero-order valence-electron chi connectivity index (χ0n) is 12.1. The number of amidine groups is 1. The maximum Gasteiger partial charge on any atom is 0.276 e. The summed E-state index contributed by atoms with van der Waals surface area (Å²) in [4.78, 5) is 32.0. The highest BCUT2D eigenvalue weighted by Crippen LogP contribution is 2.43. The van der Waals surface area contributed by atoms with Crippen molar-refractivity contribution in [2.45, 2.75) is 40.0 Å². The number of amides is 2. The molecule has 5 heteroatoms. The molecule has 0 spiro atoms. The first kappa shape index (κ1) is 13.2. The highest BCUT2D eigenvalue weighted by molar-refractivity contribution is 6.29. The zero-order valence-corrected chi connectivity index (χ0v) is 12.1. The molecule has 0 radical (unpaired) electrons. The molecule has 2 amide bonds. The van der Waals surface area contributed by atoms with Gasteiger partial charge in [-0.15, -0.1) is 0 Å². The van der Waals surface area contributed by atoms with Crippen LogP contribution in [-0.2, 0) is 9.59 Å². The van der Waals surface area contributed by atoms with Crippen molar-refractivity contribution in [1.82, 2.24) is 0 Å². The molecule has 2 unspecified atom stereocenters. The molecule has 1 aliphatic carbocycles. The third-order valence-electron chi connectivity index (χ3n) is 4.62. The molecule has 0 aromatic heterocycles. The van der Waals surface area contributed by atoms with Crippen molar-refractivity contribution in [2.75, 3.05) is 0 Å². The third kappa shape index (κ3) is 1.84. The first-order valence-electron chi connectivity index (χ1n) is 7.02. The van der Waals surface area contributed by atoms with Crippen molar-refractivity contribution in [3.63, 3.8) is 0 Å². The molecular formula is C15H19N3O2. The quantitative estimate of drug-likeness (QED) is 0.727. The van der Waals surface area contributed by atoms with E-state index in [2.05, 4.69) is 30.8 Å². The number of dihydropyridines is 1. The normalized spacial score (nSPS) is 29.9. The van der Waals surface area contributed by atoms with E-state index >= 15 is 0 Å². The summed E-state index contributed by atoms with van der Waals surface area (Å²) in [6.45, 7) is 6.62. The lowest BCUT2D eigenvalue weighted by Crippen LogP contribution is -2.36. The predicted molar refractivity (Wildman–Crippen MR) is 76.4 cm³/mol. The van der Waals surface area contributed by atoms with E-state index in [-0.39, 0.29) is 23.1 Å². The van der Waals surface area contributed by atoms with Gasteiger partial charge in [0.2, 0.25) is 0 Å². The fraction of sp³-hybridized carbons (Fsp3) is 0.600. The van der Waals surface area contributed by atoms with E-state index in [1.807, 2.05) is 0 Å². The third-order valence-corrected chi connectivity index (χ3v) is 4.62.